The molecule has 0 aliphatic rings. The smallest absolute Gasteiger partial charge is 0.166 e. The van der Waals surface area contributed by atoms with Gasteiger partial charge in [0.25, 0.3) is 0 Å². The van der Waals surface area contributed by atoms with Crippen LogP contribution in [-0.2, 0) is 0 Å². The van der Waals surface area contributed by atoms with Crippen molar-refractivity contribution in [3.05, 3.63) is 22.6 Å². The summed E-state index contributed by atoms with van der Waals surface area (Å²) in [5.74, 6) is -0.151. The highest BCUT2D eigenvalue weighted by molar-refractivity contribution is 9.10. The van der Waals surface area contributed by atoms with Gasteiger partial charge in [-0.2, -0.15) is 0 Å². The van der Waals surface area contributed by atoms with Gasteiger partial charge in [-0.15, -0.1) is 11.6 Å². The van der Waals surface area contributed by atoms with Gasteiger partial charge in [-0.1, -0.05) is 0 Å². The second kappa shape index (κ2) is 4.77. The van der Waals surface area contributed by atoms with Crippen molar-refractivity contribution in [3.63, 3.8) is 0 Å². The number of nitrogens with one attached hydrogen (secondary N) is 1. The molecule has 5 heteroatoms. The van der Waals surface area contributed by atoms with Crippen molar-refractivity contribution in [1.82, 2.24) is 4.98 Å². The molecule has 1 aromatic heterocycles. The summed E-state index contributed by atoms with van der Waals surface area (Å²) >= 11 is 8.81. The molecule has 0 aliphatic heterocycles. The second-order valence-corrected chi connectivity index (χ2v) is 4.31. The maximum atomic E-state index is 13.1. The van der Waals surface area contributed by atoms with Gasteiger partial charge in [0.15, 0.2) is 11.6 Å². The van der Waals surface area contributed by atoms with Crippen molar-refractivity contribution < 1.29 is 4.39 Å². The largest absolute Gasteiger partial charge is 0.366 e. The lowest BCUT2D eigenvalue weighted by molar-refractivity contribution is 0.623. The summed E-state index contributed by atoms with van der Waals surface area (Å²) in [7, 11) is 0. The van der Waals surface area contributed by atoms with E-state index in [4.69, 9.17) is 11.6 Å². The summed E-state index contributed by atoms with van der Waals surface area (Å²) in [4.78, 5) is 3.86. The van der Waals surface area contributed by atoms with E-state index in [1.54, 1.807) is 0 Å². The van der Waals surface area contributed by atoms with E-state index in [1.807, 2.05) is 6.92 Å². The number of alkyl halides is 1. The molecule has 13 heavy (non-hydrogen) atoms. The molecule has 0 saturated heterocycles. The molecule has 1 aromatic rings. The molecule has 2 nitrogen and oxygen atoms in total. The molecule has 0 radical (unpaired) electrons. The third kappa shape index (κ3) is 3.48. The molecular formula is C8H9BrClFN2. The van der Waals surface area contributed by atoms with E-state index in [0.29, 0.717) is 11.0 Å². The van der Waals surface area contributed by atoms with Crippen molar-refractivity contribution in [2.45, 2.75) is 12.3 Å². The molecule has 0 aliphatic carbocycles. The molecular weight excluding hydrogens is 258 g/mol. The fourth-order valence-corrected chi connectivity index (χ4v) is 1.16. The molecule has 72 valence electrons. The normalized spacial score (nSPS) is 12.6. The van der Waals surface area contributed by atoms with Crippen LogP contribution >= 0.6 is 27.5 Å². The molecule has 0 amide bonds. The van der Waals surface area contributed by atoms with Crippen LogP contribution in [0.1, 0.15) is 6.92 Å². The zero-order valence-corrected chi connectivity index (χ0v) is 9.36. The van der Waals surface area contributed by atoms with Crippen molar-refractivity contribution in [3.8, 4) is 0 Å². The van der Waals surface area contributed by atoms with E-state index in [-0.39, 0.29) is 17.0 Å². The van der Waals surface area contributed by atoms with Crippen LogP contribution in [0.2, 0.25) is 0 Å². The van der Waals surface area contributed by atoms with Gasteiger partial charge in [0, 0.05) is 22.6 Å². The first-order valence-electron chi connectivity index (χ1n) is 3.78. The van der Waals surface area contributed by atoms with Gasteiger partial charge < -0.3 is 5.32 Å². The van der Waals surface area contributed by atoms with E-state index < -0.39 is 0 Å². The first-order chi connectivity index (χ1) is 6.09. The third-order valence-electron chi connectivity index (χ3n) is 1.36. The minimum atomic E-state index is -0.383. The predicted octanol–water partition coefficient (Wildman–Crippen LogP) is 3.02. The molecule has 0 saturated carbocycles. The topological polar surface area (TPSA) is 24.9 Å². The minimum absolute atomic E-state index is 0.0511. The highest BCUT2D eigenvalue weighted by Gasteiger charge is 2.04. The van der Waals surface area contributed by atoms with Gasteiger partial charge in [-0.05, 0) is 28.9 Å². The number of rotatable bonds is 3. The summed E-state index contributed by atoms with van der Waals surface area (Å²) in [5.41, 5.74) is 0. The molecule has 0 bridgehead atoms. The zero-order valence-electron chi connectivity index (χ0n) is 7.02. The molecule has 1 unspecified atom stereocenters. The Bertz CT molecular complexity index is 293. The summed E-state index contributed by atoms with van der Waals surface area (Å²) in [6.07, 6.45) is 1.53. The monoisotopic (exact) mass is 266 g/mol. The van der Waals surface area contributed by atoms with Gasteiger partial charge in [0.2, 0.25) is 0 Å². The number of anilines is 1. The van der Waals surface area contributed by atoms with Gasteiger partial charge in [-0.3, -0.25) is 0 Å². The van der Waals surface area contributed by atoms with Crippen molar-refractivity contribution in [2.24, 2.45) is 0 Å². The summed E-state index contributed by atoms with van der Waals surface area (Å²) in [5, 5.41) is 2.75. The SMILES string of the molecule is CC(Cl)CNc1ncc(Br)cc1F. The Kier molecular flexibility index (Phi) is 3.93. The van der Waals surface area contributed by atoms with Crippen LogP contribution in [0.3, 0.4) is 0 Å². The maximum Gasteiger partial charge on any atom is 0.166 e. The Balaban J connectivity index is 2.67. The molecule has 1 rings (SSSR count). The highest BCUT2D eigenvalue weighted by Crippen LogP contribution is 2.16. The fraction of sp³-hybridized carbons (Fsp3) is 0.375. The van der Waals surface area contributed by atoms with Gasteiger partial charge in [-0.25, -0.2) is 9.37 Å². The van der Waals surface area contributed by atoms with E-state index in [9.17, 15) is 4.39 Å². The van der Waals surface area contributed by atoms with Gasteiger partial charge >= 0.3 is 0 Å². The Morgan fingerprint density at radius 2 is 2.46 bits per heavy atom. The van der Waals surface area contributed by atoms with Crippen LogP contribution in [0.25, 0.3) is 0 Å². The molecule has 1 heterocycles. The molecule has 1 N–H and O–H groups in total. The zero-order chi connectivity index (χ0) is 9.84. The number of nitrogens with zero attached hydrogens (tertiary/aromatic N) is 1. The Labute approximate surface area is 89.6 Å². The standard InChI is InChI=1S/C8H9BrClFN2/c1-5(10)3-12-8-7(11)2-6(9)4-13-8/h2,4-5H,3H2,1H3,(H,12,13). The van der Waals surface area contributed by atoms with Crippen molar-refractivity contribution in [2.75, 3.05) is 11.9 Å². The minimum Gasteiger partial charge on any atom is -0.366 e. The number of hydrogen-bond acceptors (Lipinski definition) is 2. The Hall–Kier alpha value is -0.350. The first kappa shape index (κ1) is 10.7. The van der Waals surface area contributed by atoms with E-state index >= 15 is 0 Å². The van der Waals surface area contributed by atoms with Crippen LogP contribution in [0.5, 0.6) is 0 Å². The number of pyridine rings is 1. The summed E-state index contributed by atoms with van der Waals surface area (Å²) < 4.78 is 13.7. The first-order valence-corrected chi connectivity index (χ1v) is 5.01. The molecule has 1 atom stereocenters. The van der Waals surface area contributed by atoms with Crippen LogP contribution < -0.4 is 5.32 Å². The lowest BCUT2D eigenvalue weighted by Crippen LogP contribution is -2.12. The lowest BCUT2D eigenvalue weighted by Gasteiger charge is -2.07. The van der Waals surface area contributed by atoms with Crippen LogP contribution in [0, 0.1) is 5.82 Å². The van der Waals surface area contributed by atoms with Crippen LogP contribution in [0.4, 0.5) is 10.2 Å². The lowest BCUT2D eigenvalue weighted by atomic mass is 10.4. The van der Waals surface area contributed by atoms with Crippen molar-refractivity contribution in [1.29, 1.82) is 0 Å². The number of aromatic nitrogens is 1. The van der Waals surface area contributed by atoms with Gasteiger partial charge in [0.1, 0.15) is 0 Å². The fourth-order valence-electron chi connectivity index (χ4n) is 0.782. The van der Waals surface area contributed by atoms with E-state index in [2.05, 4.69) is 26.2 Å². The van der Waals surface area contributed by atoms with E-state index in [1.165, 1.54) is 12.3 Å². The predicted molar refractivity (Wildman–Crippen MR) is 55.7 cm³/mol. The Morgan fingerprint density at radius 1 is 1.77 bits per heavy atom. The average molecular weight is 268 g/mol. The second-order valence-electron chi connectivity index (χ2n) is 2.65. The molecule has 0 aromatic carbocycles. The van der Waals surface area contributed by atoms with Crippen LogP contribution in [0.15, 0.2) is 16.7 Å². The quantitative estimate of drug-likeness (QED) is 0.852. The third-order valence-corrected chi connectivity index (χ3v) is 1.95. The van der Waals surface area contributed by atoms with Gasteiger partial charge in [0.05, 0.1) is 0 Å². The molecule has 0 spiro atoms. The maximum absolute atomic E-state index is 13.1. The summed E-state index contributed by atoms with van der Waals surface area (Å²) in [6, 6.07) is 1.36. The van der Waals surface area contributed by atoms with Crippen LogP contribution in [-0.4, -0.2) is 16.9 Å². The number of hydrogen-bond donors (Lipinski definition) is 1. The number of halogens is 3. The average Bonchev–Trinajstić information content (AvgIpc) is 2.02. The molecule has 0 fully saturated rings. The van der Waals surface area contributed by atoms with E-state index in [0.717, 1.165) is 0 Å². The highest BCUT2D eigenvalue weighted by atomic mass is 79.9. The Morgan fingerprint density at radius 3 is 3.00 bits per heavy atom. The summed E-state index contributed by atoms with van der Waals surface area (Å²) in [6.45, 7) is 2.32. The van der Waals surface area contributed by atoms with Crippen molar-refractivity contribution >= 4 is 33.3 Å².